The molecule has 0 fully saturated rings. The van der Waals surface area contributed by atoms with Crippen LogP contribution in [0.15, 0.2) is 23.1 Å². The van der Waals surface area contributed by atoms with Crippen LogP contribution in [0.5, 0.6) is 5.75 Å². The Morgan fingerprint density at radius 2 is 2.10 bits per heavy atom. The Kier molecular flexibility index (Phi) is 5.34. The molecule has 1 rings (SSSR count). The minimum atomic E-state index is -3.78. The largest absolute Gasteiger partial charge is 0.495 e. The molecule has 0 unspecified atom stereocenters. The molecule has 0 heterocycles. The van der Waals surface area contributed by atoms with Crippen LogP contribution in [0.4, 0.5) is 5.69 Å². The SMILES string of the molecule is CCN(C)C(=O)CNS(=O)(=O)c1ccc(OC)c(N)c1. The van der Waals surface area contributed by atoms with Gasteiger partial charge in [0.25, 0.3) is 0 Å². The number of rotatable bonds is 6. The molecule has 0 aliphatic rings. The fourth-order valence-electron chi connectivity index (χ4n) is 1.43. The van der Waals surface area contributed by atoms with Crippen LogP contribution >= 0.6 is 0 Å². The molecule has 0 aliphatic carbocycles. The number of nitrogens with zero attached hydrogens (tertiary/aromatic N) is 1. The Morgan fingerprint density at radius 1 is 1.45 bits per heavy atom. The molecule has 0 atom stereocenters. The number of hydrogen-bond donors (Lipinski definition) is 2. The number of nitrogens with two attached hydrogens (primary N) is 1. The van der Waals surface area contributed by atoms with Crippen molar-refractivity contribution in [2.45, 2.75) is 11.8 Å². The van der Waals surface area contributed by atoms with E-state index < -0.39 is 10.0 Å². The maximum atomic E-state index is 12.0. The fraction of sp³-hybridized carbons (Fsp3) is 0.417. The molecular weight excluding hydrogens is 282 g/mol. The van der Waals surface area contributed by atoms with Gasteiger partial charge in [0.2, 0.25) is 15.9 Å². The highest BCUT2D eigenvalue weighted by Crippen LogP contribution is 2.24. The molecule has 0 aliphatic heterocycles. The fourth-order valence-corrected chi connectivity index (χ4v) is 2.44. The quantitative estimate of drug-likeness (QED) is 0.722. The van der Waals surface area contributed by atoms with Gasteiger partial charge in [-0.05, 0) is 25.1 Å². The van der Waals surface area contributed by atoms with Crippen molar-refractivity contribution in [3.63, 3.8) is 0 Å². The summed E-state index contributed by atoms with van der Waals surface area (Å²) in [6.45, 7) is 2.02. The monoisotopic (exact) mass is 301 g/mol. The van der Waals surface area contributed by atoms with Crippen LogP contribution in [-0.2, 0) is 14.8 Å². The van der Waals surface area contributed by atoms with Crippen molar-refractivity contribution in [2.75, 3.05) is 33.0 Å². The van der Waals surface area contributed by atoms with Crippen molar-refractivity contribution in [2.24, 2.45) is 0 Å². The Bertz CT molecular complexity index is 586. The Morgan fingerprint density at radius 3 is 2.60 bits per heavy atom. The summed E-state index contributed by atoms with van der Waals surface area (Å²) < 4.78 is 31.2. The van der Waals surface area contributed by atoms with Gasteiger partial charge in [0, 0.05) is 13.6 Å². The predicted octanol–water partition coefficient (Wildman–Crippen LogP) is 0.0340. The molecule has 112 valence electrons. The summed E-state index contributed by atoms with van der Waals surface area (Å²) in [6, 6.07) is 4.12. The zero-order chi connectivity index (χ0) is 15.3. The minimum Gasteiger partial charge on any atom is -0.495 e. The molecule has 0 aromatic heterocycles. The lowest BCUT2D eigenvalue weighted by molar-refractivity contribution is -0.128. The standard InChI is InChI=1S/C12H19N3O4S/c1-4-15(2)12(16)8-14-20(17,18)9-5-6-11(19-3)10(13)7-9/h5-7,14H,4,8,13H2,1-3H3. The zero-order valence-electron chi connectivity index (χ0n) is 11.7. The van der Waals surface area contributed by atoms with E-state index >= 15 is 0 Å². The van der Waals surface area contributed by atoms with Crippen molar-refractivity contribution in [1.29, 1.82) is 0 Å². The van der Waals surface area contributed by atoms with E-state index in [4.69, 9.17) is 10.5 Å². The summed E-state index contributed by atoms with van der Waals surface area (Å²) in [5.41, 5.74) is 5.88. The Labute approximate surface area is 118 Å². The second kappa shape index (κ2) is 6.58. The van der Waals surface area contributed by atoms with E-state index in [1.807, 2.05) is 0 Å². The van der Waals surface area contributed by atoms with E-state index in [0.29, 0.717) is 12.3 Å². The molecule has 1 aromatic rings. The van der Waals surface area contributed by atoms with E-state index in [2.05, 4.69) is 4.72 Å². The number of sulfonamides is 1. The van der Waals surface area contributed by atoms with Crippen molar-refractivity contribution in [3.8, 4) is 5.75 Å². The summed E-state index contributed by atoms with van der Waals surface area (Å²) >= 11 is 0. The lowest BCUT2D eigenvalue weighted by Crippen LogP contribution is -2.37. The Hall–Kier alpha value is -1.80. The third-order valence-electron chi connectivity index (χ3n) is 2.82. The van der Waals surface area contributed by atoms with Crippen molar-refractivity contribution >= 4 is 21.6 Å². The normalized spacial score (nSPS) is 11.2. The minimum absolute atomic E-state index is 0.0113. The van der Waals surface area contributed by atoms with Crippen LogP contribution in [0, 0.1) is 0 Å². The van der Waals surface area contributed by atoms with Crippen molar-refractivity contribution < 1.29 is 17.9 Å². The molecule has 3 N–H and O–H groups in total. The number of benzene rings is 1. The average molecular weight is 301 g/mol. The second-order valence-electron chi connectivity index (χ2n) is 4.14. The summed E-state index contributed by atoms with van der Waals surface area (Å²) in [5.74, 6) is 0.0864. The average Bonchev–Trinajstić information content (AvgIpc) is 2.43. The molecule has 0 radical (unpaired) electrons. The highest BCUT2D eigenvalue weighted by atomic mass is 32.2. The van der Waals surface area contributed by atoms with Gasteiger partial charge >= 0.3 is 0 Å². The lowest BCUT2D eigenvalue weighted by atomic mass is 10.3. The number of ether oxygens (including phenoxy) is 1. The maximum Gasteiger partial charge on any atom is 0.241 e. The van der Waals surface area contributed by atoms with Crippen LogP contribution in [0.1, 0.15) is 6.92 Å². The summed E-state index contributed by atoms with van der Waals surface area (Å²) in [7, 11) is -0.737. The smallest absolute Gasteiger partial charge is 0.241 e. The third kappa shape index (κ3) is 3.84. The summed E-state index contributed by atoms with van der Waals surface area (Å²) in [6.07, 6.45) is 0. The van der Waals surface area contributed by atoms with Gasteiger partial charge in [0.1, 0.15) is 5.75 Å². The first-order valence-corrected chi connectivity index (χ1v) is 7.47. The summed E-state index contributed by atoms with van der Waals surface area (Å²) in [4.78, 5) is 13.0. The van der Waals surface area contributed by atoms with E-state index in [0.717, 1.165) is 0 Å². The number of amides is 1. The molecule has 7 nitrogen and oxygen atoms in total. The van der Waals surface area contributed by atoms with Gasteiger partial charge in [-0.3, -0.25) is 4.79 Å². The molecule has 8 heteroatoms. The number of methoxy groups -OCH3 is 1. The van der Waals surface area contributed by atoms with Gasteiger partial charge < -0.3 is 15.4 Å². The number of hydrogen-bond acceptors (Lipinski definition) is 5. The number of nitrogens with one attached hydrogen (secondary N) is 1. The van der Waals surface area contributed by atoms with Gasteiger partial charge in [0.05, 0.1) is 24.2 Å². The summed E-state index contributed by atoms with van der Waals surface area (Å²) in [5, 5.41) is 0. The molecule has 1 amide bonds. The van der Waals surface area contributed by atoms with Gasteiger partial charge in [-0.1, -0.05) is 0 Å². The molecule has 0 saturated heterocycles. The zero-order valence-corrected chi connectivity index (χ0v) is 12.5. The van der Waals surface area contributed by atoms with Crippen LogP contribution in [-0.4, -0.2) is 46.5 Å². The molecular formula is C12H19N3O4S. The Balaban J connectivity index is 2.84. The molecule has 0 saturated carbocycles. The van der Waals surface area contributed by atoms with Gasteiger partial charge in [-0.15, -0.1) is 0 Å². The molecule has 1 aromatic carbocycles. The highest BCUT2D eigenvalue weighted by molar-refractivity contribution is 7.89. The molecule has 0 spiro atoms. The number of carbonyl (C=O) groups excluding carboxylic acids is 1. The second-order valence-corrected chi connectivity index (χ2v) is 5.90. The van der Waals surface area contributed by atoms with Gasteiger partial charge in [-0.25, -0.2) is 13.1 Å². The van der Waals surface area contributed by atoms with Crippen molar-refractivity contribution in [1.82, 2.24) is 9.62 Å². The number of anilines is 1. The van der Waals surface area contributed by atoms with Crippen LogP contribution in [0.25, 0.3) is 0 Å². The van der Waals surface area contributed by atoms with Gasteiger partial charge in [-0.2, -0.15) is 0 Å². The molecule has 20 heavy (non-hydrogen) atoms. The first-order valence-electron chi connectivity index (χ1n) is 5.99. The maximum absolute atomic E-state index is 12.0. The first-order chi connectivity index (χ1) is 9.31. The van der Waals surface area contributed by atoms with Crippen LogP contribution in [0.3, 0.4) is 0 Å². The number of likely N-dealkylation sites (N-methyl/N-ethyl adjacent to an activating group) is 1. The van der Waals surface area contributed by atoms with Crippen LogP contribution in [0.2, 0.25) is 0 Å². The molecule has 0 bridgehead atoms. The van der Waals surface area contributed by atoms with Crippen LogP contribution < -0.4 is 15.2 Å². The van der Waals surface area contributed by atoms with E-state index in [1.165, 1.54) is 30.2 Å². The first kappa shape index (κ1) is 16.3. The third-order valence-corrected chi connectivity index (χ3v) is 4.22. The lowest BCUT2D eigenvalue weighted by Gasteiger charge is -2.15. The van der Waals surface area contributed by atoms with E-state index in [9.17, 15) is 13.2 Å². The van der Waals surface area contributed by atoms with E-state index in [-0.39, 0.29) is 23.0 Å². The van der Waals surface area contributed by atoms with E-state index in [1.54, 1.807) is 14.0 Å². The topological polar surface area (TPSA) is 102 Å². The number of nitrogen functional groups attached to an aromatic ring is 1. The van der Waals surface area contributed by atoms with Gasteiger partial charge in [0.15, 0.2) is 0 Å². The predicted molar refractivity (Wildman–Crippen MR) is 75.9 cm³/mol. The number of carbonyl (C=O) groups is 1. The highest BCUT2D eigenvalue weighted by Gasteiger charge is 2.18. The van der Waals surface area contributed by atoms with Crippen molar-refractivity contribution in [3.05, 3.63) is 18.2 Å².